The number of aromatic hydroxyl groups is 1. The number of methoxy groups -OCH3 is 1. The monoisotopic (exact) mass is 271 g/mol. The van der Waals surface area contributed by atoms with Gasteiger partial charge < -0.3 is 9.84 Å². The van der Waals surface area contributed by atoms with Gasteiger partial charge in [-0.05, 0) is 26.0 Å². The average molecular weight is 272 g/mol. The summed E-state index contributed by atoms with van der Waals surface area (Å²) in [6, 6.07) is 3.89. The second-order valence-corrected chi connectivity index (χ2v) is 4.87. The number of ether oxygens (including phenoxy) is 1. The van der Waals surface area contributed by atoms with E-state index in [-0.39, 0.29) is 5.75 Å². The minimum Gasteiger partial charge on any atom is -0.504 e. The third-order valence-corrected chi connectivity index (χ3v) is 3.55. The van der Waals surface area contributed by atoms with E-state index in [9.17, 15) is 5.11 Å². The number of rotatable bonds is 6. The van der Waals surface area contributed by atoms with Gasteiger partial charge in [0.2, 0.25) is 0 Å². The van der Waals surface area contributed by atoms with Crippen molar-refractivity contribution in [2.45, 2.75) is 39.8 Å². The quantitative estimate of drug-likeness (QED) is 0.857. The first-order valence-electron chi connectivity index (χ1n) is 6.32. The topological polar surface area (TPSA) is 32.7 Å². The van der Waals surface area contributed by atoms with Gasteiger partial charge in [-0.3, -0.25) is 4.90 Å². The number of phenols is 1. The summed E-state index contributed by atoms with van der Waals surface area (Å²) in [6.45, 7) is 8.07. The first-order valence-corrected chi connectivity index (χ1v) is 6.70. The highest BCUT2D eigenvalue weighted by molar-refractivity contribution is 6.30. The molecule has 1 aromatic carbocycles. The van der Waals surface area contributed by atoms with E-state index in [4.69, 9.17) is 16.3 Å². The predicted molar refractivity (Wildman–Crippen MR) is 75.5 cm³/mol. The smallest absolute Gasteiger partial charge is 0.162 e. The lowest BCUT2D eigenvalue weighted by atomic mass is 10.1. The maximum atomic E-state index is 10.1. The summed E-state index contributed by atoms with van der Waals surface area (Å²) in [7, 11) is 1.53. The zero-order valence-electron chi connectivity index (χ0n) is 11.5. The van der Waals surface area contributed by atoms with Crippen molar-refractivity contribution in [2.75, 3.05) is 13.7 Å². The molecular formula is C14H22ClNO2. The molecule has 0 heterocycles. The van der Waals surface area contributed by atoms with Crippen molar-refractivity contribution in [3.63, 3.8) is 0 Å². The fourth-order valence-electron chi connectivity index (χ4n) is 1.96. The summed E-state index contributed by atoms with van der Waals surface area (Å²) in [4.78, 5) is 2.30. The molecule has 0 aliphatic heterocycles. The number of hydrogen-bond donors (Lipinski definition) is 1. The highest BCUT2D eigenvalue weighted by Gasteiger charge is 2.15. The number of benzene rings is 1. The molecule has 0 saturated carbocycles. The molecule has 1 N–H and O–H groups in total. The van der Waals surface area contributed by atoms with E-state index in [2.05, 4.69) is 25.7 Å². The lowest BCUT2D eigenvalue weighted by Crippen LogP contribution is -2.31. The molecule has 0 spiro atoms. The van der Waals surface area contributed by atoms with Crippen LogP contribution in [0, 0.1) is 0 Å². The summed E-state index contributed by atoms with van der Waals surface area (Å²) < 4.78 is 5.12. The first-order chi connectivity index (χ1) is 8.53. The van der Waals surface area contributed by atoms with Gasteiger partial charge >= 0.3 is 0 Å². The second kappa shape index (κ2) is 6.86. The van der Waals surface area contributed by atoms with Gasteiger partial charge in [-0.1, -0.05) is 25.4 Å². The molecule has 0 aliphatic rings. The average Bonchev–Trinajstić information content (AvgIpc) is 2.38. The lowest BCUT2D eigenvalue weighted by Gasteiger charge is -2.27. The normalized spacial score (nSPS) is 12.8. The molecule has 18 heavy (non-hydrogen) atoms. The van der Waals surface area contributed by atoms with Crippen LogP contribution in [-0.2, 0) is 6.54 Å². The Kier molecular flexibility index (Phi) is 5.76. The Hall–Kier alpha value is -0.930. The van der Waals surface area contributed by atoms with E-state index >= 15 is 0 Å². The maximum absolute atomic E-state index is 10.1. The Labute approximate surface area is 114 Å². The van der Waals surface area contributed by atoms with Crippen molar-refractivity contribution in [1.82, 2.24) is 4.90 Å². The molecule has 0 bridgehead atoms. The third-order valence-electron chi connectivity index (χ3n) is 3.33. The predicted octanol–water partition coefficient (Wildman–Crippen LogP) is 3.67. The van der Waals surface area contributed by atoms with Gasteiger partial charge in [0, 0.05) is 29.2 Å². The van der Waals surface area contributed by atoms with Crippen molar-refractivity contribution in [3.8, 4) is 11.5 Å². The Morgan fingerprint density at radius 3 is 2.56 bits per heavy atom. The van der Waals surface area contributed by atoms with Crippen LogP contribution in [0.3, 0.4) is 0 Å². The molecular weight excluding hydrogens is 250 g/mol. The van der Waals surface area contributed by atoms with E-state index in [1.54, 1.807) is 12.1 Å². The van der Waals surface area contributed by atoms with Crippen LogP contribution in [0.4, 0.5) is 0 Å². The molecule has 4 heteroatoms. The molecule has 0 saturated heterocycles. The molecule has 0 amide bonds. The lowest BCUT2D eigenvalue weighted by molar-refractivity contribution is 0.203. The van der Waals surface area contributed by atoms with Gasteiger partial charge in [0.05, 0.1) is 7.11 Å². The van der Waals surface area contributed by atoms with Crippen LogP contribution in [0.5, 0.6) is 11.5 Å². The minimum absolute atomic E-state index is 0.184. The van der Waals surface area contributed by atoms with Gasteiger partial charge in [0.1, 0.15) is 0 Å². The van der Waals surface area contributed by atoms with Crippen LogP contribution in [0.2, 0.25) is 5.02 Å². The van der Waals surface area contributed by atoms with E-state index in [1.165, 1.54) is 7.11 Å². The minimum atomic E-state index is 0.184. The summed E-state index contributed by atoms with van der Waals surface area (Å²) in [5.74, 6) is 0.612. The van der Waals surface area contributed by atoms with Crippen LogP contribution < -0.4 is 4.74 Å². The van der Waals surface area contributed by atoms with Crippen LogP contribution in [0.1, 0.15) is 32.8 Å². The highest BCUT2D eigenvalue weighted by Crippen LogP contribution is 2.34. The molecule has 0 radical (unpaired) electrons. The number of phenolic OH excluding ortho intramolecular Hbond substituents is 1. The summed E-state index contributed by atoms with van der Waals surface area (Å²) in [6.07, 6.45) is 1.08. The van der Waals surface area contributed by atoms with Crippen LogP contribution in [0.15, 0.2) is 12.1 Å². The van der Waals surface area contributed by atoms with Gasteiger partial charge in [0.25, 0.3) is 0 Å². The molecule has 3 nitrogen and oxygen atoms in total. The zero-order valence-corrected chi connectivity index (χ0v) is 12.3. The summed E-state index contributed by atoms with van der Waals surface area (Å²) >= 11 is 6.03. The standard InChI is InChI=1S/C14H22ClNO2/c1-5-10(3)16(6-2)9-11-7-12(15)8-13(18-4)14(11)17/h7-8,10,17H,5-6,9H2,1-4H3. The molecule has 1 atom stereocenters. The summed E-state index contributed by atoms with van der Waals surface area (Å²) in [5.41, 5.74) is 0.807. The largest absolute Gasteiger partial charge is 0.504 e. The van der Waals surface area contributed by atoms with Crippen molar-refractivity contribution in [1.29, 1.82) is 0 Å². The van der Waals surface area contributed by atoms with Crippen molar-refractivity contribution in [3.05, 3.63) is 22.7 Å². The van der Waals surface area contributed by atoms with Crippen molar-refractivity contribution < 1.29 is 9.84 Å². The Morgan fingerprint density at radius 1 is 1.39 bits per heavy atom. The molecule has 0 fully saturated rings. The Morgan fingerprint density at radius 2 is 2.06 bits per heavy atom. The fraction of sp³-hybridized carbons (Fsp3) is 0.571. The Bertz CT molecular complexity index is 396. The first kappa shape index (κ1) is 15.1. The highest BCUT2D eigenvalue weighted by atomic mass is 35.5. The number of nitrogens with zero attached hydrogens (tertiary/aromatic N) is 1. The van der Waals surface area contributed by atoms with Gasteiger partial charge in [-0.2, -0.15) is 0 Å². The van der Waals surface area contributed by atoms with E-state index in [1.807, 2.05) is 0 Å². The fourth-order valence-corrected chi connectivity index (χ4v) is 2.19. The SMILES string of the molecule is CCC(C)N(CC)Cc1cc(Cl)cc(OC)c1O. The van der Waals surface area contributed by atoms with Crippen molar-refractivity contribution >= 4 is 11.6 Å². The van der Waals surface area contributed by atoms with Gasteiger partial charge in [-0.15, -0.1) is 0 Å². The van der Waals surface area contributed by atoms with Gasteiger partial charge in [-0.25, -0.2) is 0 Å². The van der Waals surface area contributed by atoms with E-state index in [0.29, 0.717) is 23.4 Å². The maximum Gasteiger partial charge on any atom is 0.162 e. The molecule has 0 aliphatic carbocycles. The van der Waals surface area contributed by atoms with Crippen LogP contribution >= 0.6 is 11.6 Å². The third kappa shape index (κ3) is 3.53. The van der Waals surface area contributed by atoms with Crippen LogP contribution in [0.25, 0.3) is 0 Å². The number of hydrogen-bond acceptors (Lipinski definition) is 3. The van der Waals surface area contributed by atoms with E-state index in [0.717, 1.165) is 18.5 Å². The van der Waals surface area contributed by atoms with Crippen molar-refractivity contribution in [2.24, 2.45) is 0 Å². The molecule has 102 valence electrons. The molecule has 1 unspecified atom stereocenters. The zero-order chi connectivity index (χ0) is 13.7. The molecule has 1 aromatic rings. The Balaban J connectivity index is 2.98. The second-order valence-electron chi connectivity index (χ2n) is 4.44. The van der Waals surface area contributed by atoms with Crippen LogP contribution in [-0.4, -0.2) is 29.7 Å². The van der Waals surface area contributed by atoms with Gasteiger partial charge in [0.15, 0.2) is 11.5 Å². The molecule has 0 aromatic heterocycles. The summed E-state index contributed by atoms with van der Waals surface area (Å²) in [5, 5.41) is 10.7. The van der Waals surface area contributed by atoms with E-state index < -0.39 is 0 Å². The number of halogens is 1. The molecule has 1 rings (SSSR count).